The molecule has 0 aromatic heterocycles. The molecule has 0 aromatic carbocycles. The van der Waals surface area contributed by atoms with Crippen LogP contribution < -0.4 is 5.32 Å². The zero-order valence-corrected chi connectivity index (χ0v) is 10.8. The van der Waals surface area contributed by atoms with Crippen LogP contribution in [0, 0.1) is 0 Å². The lowest BCUT2D eigenvalue weighted by Crippen LogP contribution is -2.40. The maximum absolute atomic E-state index is 5.57. The SMILES string of the molecule is CCNCCCCO[Si](C)(OC)OC. The van der Waals surface area contributed by atoms with Gasteiger partial charge in [0.2, 0.25) is 0 Å². The Labute approximate surface area is 88.3 Å². The van der Waals surface area contributed by atoms with Crippen molar-refractivity contribution in [3.05, 3.63) is 0 Å². The fourth-order valence-electron chi connectivity index (χ4n) is 0.988. The summed E-state index contributed by atoms with van der Waals surface area (Å²) in [5.74, 6) is 0. The molecule has 0 saturated carbocycles. The Kier molecular flexibility index (Phi) is 8.41. The summed E-state index contributed by atoms with van der Waals surface area (Å²) in [6.45, 7) is 6.81. The van der Waals surface area contributed by atoms with Crippen LogP contribution in [0.2, 0.25) is 6.55 Å². The van der Waals surface area contributed by atoms with E-state index >= 15 is 0 Å². The second kappa shape index (κ2) is 8.37. The molecule has 14 heavy (non-hydrogen) atoms. The molecule has 1 N–H and O–H groups in total. The highest BCUT2D eigenvalue weighted by Crippen LogP contribution is 2.06. The molecule has 0 radical (unpaired) electrons. The Balaban J connectivity index is 3.34. The highest BCUT2D eigenvalue weighted by molar-refractivity contribution is 6.59. The molecule has 0 saturated heterocycles. The highest BCUT2D eigenvalue weighted by atomic mass is 28.4. The first-order chi connectivity index (χ1) is 6.68. The molecule has 0 aliphatic heterocycles. The normalized spacial score (nSPS) is 12.0. The molecule has 0 rings (SSSR count). The number of hydrogen-bond donors (Lipinski definition) is 1. The van der Waals surface area contributed by atoms with Crippen LogP contribution in [-0.2, 0) is 13.3 Å². The Morgan fingerprint density at radius 3 is 2.29 bits per heavy atom. The standard InChI is InChI=1S/C9H23NO3Si/c1-5-10-8-6-7-9-13-14(4,11-2)12-3/h10H,5-9H2,1-4H3. The Morgan fingerprint density at radius 1 is 1.14 bits per heavy atom. The van der Waals surface area contributed by atoms with Gasteiger partial charge < -0.3 is 18.6 Å². The lowest BCUT2D eigenvalue weighted by Gasteiger charge is -2.21. The molecule has 0 aliphatic rings. The van der Waals surface area contributed by atoms with Gasteiger partial charge in [0.05, 0.1) is 0 Å². The first-order valence-electron chi connectivity index (χ1n) is 5.13. The van der Waals surface area contributed by atoms with Crippen molar-refractivity contribution in [2.24, 2.45) is 0 Å². The maximum Gasteiger partial charge on any atom is 0.497 e. The van der Waals surface area contributed by atoms with Gasteiger partial charge >= 0.3 is 8.80 Å². The van der Waals surface area contributed by atoms with Gasteiger partial charge in [0.25, 0.3) is 0 Å². The summed E-state index contributed by atoms with van der Waals surface area (Å²) in [5, 5.41) is 3.27. The highest BCUT2D eigenvalue weighted by Gasteiger charge is 2.31. The quantitative estimate of drug-likeness (QED) is 0.470. The molecule has 0 unspecified atom stereocenters. The predicted octanol–water partition coefficient (Wildman–Crippen LogP) is 1.25. The molecule has 86 valence electrons. The third kappa shape index (κ3) is 6.50. The van der Waals surface area contributed by atoms with Crippen LogP contribution in [0.3, 0.4) is 0 Å². The summed E-state index contributed by atoms with van der Waals surface area (Å²) in [6.07, 6.45) is 2.17. The van der Waals surface area contributed by atoms with Crippen LogP contribution >= 0.6 is 0 Å². The molecule has 0 amide bonds. The Morgan fingerprint density at radius 2 is 1.79 bits per heavy atom. The van der Waals surface area contributed by atoms with Gasteiger partial charge in [-0.1, -0.05) is 6.92 Å². The smallest absolute Gasteiger partial charge is 0.377 e. The minimum Gasteiger partial charge on any atom is -0.377 e. The van der Waals surface area contributed by atoms with E-state index in [1.54, 1.807) is 14.2 Å². The molecule has 4 nitrogen and oxygen atoms in total. The van der Waals surface area contributed by atoms with Crippen molar-refractivity contribution in [1.82, 2.24) is 5.32 Å². The van der Waals surface area contributed by atoms with Gasteiger partial charge in [-0.05, 0) is 25.9 Å². The zero-order chi connectivity index (χ0) is 10.9. The van der Waals surface area contributed by atoms with Gasteiger partial charge in [0.15, 0.2) is 0 Å². The lowest BCUT2D eigenvalue weighted by atomic mass is 10.3. The molecule has 0 bridgehead atoms. The van der Waals surface area contributed by atoms with Crippen LogP contribution in [0.1, 0.15) is 19.8 Å². The molecule has 0 aliphatic carbocycles. The summed E-state index contributed by atoms with van der Waals surface area (Å²) in [7, 11) is 0.980. The predicted molar refractivity (Wildman–Crippen MR) is 59.4 cm³/mol. The first kappa shape index (κ1) is 14.1. The lowest BCUT2D eigenvalue weighted by molar-refractivity contribution is 0.104. The first-order valence-corrected chi connectivity index (χ1v) is 7.36. The van der Waals surface area contributed by atoms with Crippen molar-refractivity contribution < 1.29 is 13.3 Å². The van der Waals surface area contributed by atoms with E-state index in [0.29, 0.717) is 0 Å². The maximum atomic E-state index is 5.57. The Hall–Kier alpha value is 0.0569. The van der Waals surface area contributed by atoms with Gasteiger partial charge in [-0.15, -0.1) is 0 Å². The fourth-order valence-corrected chi connectivity index (χ4v) is 1.91. The van der Waals surface area contributed by atoms with E-state index in [-0.39, 0.29) is 0 Å². The molecule has 0 heterocycles. The molecule has 0 fully saturated rings. The fraction of sp³-hybridized carbons (Fsp3) is 1.00. The van der Waals surface area contributed by atoms with E-state index in [1.165, 1.54) is 0 Å². The van der Waals surface area contributed by atoms with Gasteiger partial charge in [0.1, 0.15) is 0 Å². The number of unbranched alkanes of at least 4 members (excludes halogenated alkanes) is 1. The molecule has 0 spiro atoms. The van der Waals surface area contributed by atoms with E-state index in [1.807, 2.05) is 6.55 Å². The summed E-state index contributed by atoms with van der Waals surface area (Å²) >= 11 is 0. The van der Waals surface area contributed by atoms with Crippen molar-refractivity contribution >= 4 is 8.80 Å². The van der Waals surface area contributed by atoms with Crippen molar-refractivity contribution in [2.75, 3.05) is 33.9 Å². The summed E-state index contributed by atoms with van der Waals surface area (Å²) in [4.78, 5) is 0. The van der Waals surface area contributed by atoms with Gasteiger partial charge in [-0.3, -0.25) is 0 Å². The van der Waals surface area contributed by atoms with Gasteiger partial charge in [-0.2, -0.15) is 0 Å². The second-order valence-electron chi connectivity index (χ2n) is 3.18. The van der Waals surface area contributed by atoms with E-state index in [2.05, 4.69) is 12.2 Å². The minimum atomic E-state index is -2.29. The molecule has 0 atom stereocenters. The topological polar surface area (TPSA) is 39.7 Å². The third-order valence-electron chi connectivity index (χ3n) is 2.10. The van der Waals surface area contributed by atoms with E-state index < -0.39 is 8.80 Å². The zero-order valence-electron chi connectivity index (χ0n) is 9.76. The average Bonchev–Trinajstić information content (AvgIpc) is 2.23. The number of rotatable bonds is 9. The molecular formula is C9H23NO3Si. The third-order valence-corrected chi connectivity index (χ3v) is 4.32. The van der Waals surface area contributed by atoms with Crippen LogP contribution in [-0.4, -0.2) is 42.7 Å². The van der Waals surface area contributed by atoms with E-state index in [4.69, 9.17) is 13.3 Å². The Bertz CT molecular complexity index is 131. The summed E-state index contributed by atoms with van der Waals surface area (Å²) in [5.41, 5.74) is 0. The molecule has 0 aromatic rings. The monoisotopic (exact) mass is 221 g/mol. The summed E-state index contributed by atoms with van der Waals surface area (Å²) in [6, 6.07) is 0. The van der Waals surface area contributed by atoms with Crippen molar-refractivity contribution in [3.63, 3.8) is 0 Å². The second-order valence-corrected chi connectivity index (χ2v) is 6.01. The van der Waals surface area contributed by atoms with E-state index in [0.717, 1.165) is 32.5 Å². The minimum absolute atomic E-state index is 0.718. The van der Waals surface area contributed by atoms with Crippen molar-refractivity contribution in [2.45, 2.75) is 26.3 Å². The average molecular weight is 221 g/mol. The number of nitrogens with one attached hydrogen (secondary N) is 1. The van der Waals surface area contributed by atoms with E-state index in [9.17, 15) is 0 Å². The van der Waals surface area contributed by atoms with Gasteiger partial charge in [0, 0.05) is 27.4 Å². The number of hydrogen-bond acceptors (Lipinski definition) is 4. The summed E-state index contributed by atoms with van der Waals surface area (Å²) < 4.78 is 16.0. The van der Waals surface area contributed by atoms with Crippen LogP contribution in [0.15, 0.2) is 0 Å². The van der Waals surface area contributed by atoms with Crippen molar-refractivity contribution in [3.8, 4) is 0 Å². The largest absolute Gasteiger partial charge is 0.497 e. The van der Waals surface area contributed by atoms with Crippen LogP contribution in [0.5, 0.6) is 0 Å². The van der Waals surface area contributed by atoms with Crippen LogP contribution in [0.25, 0.3) is 0 Å². The molecular weight excluding hydrogens is 198 g/mol. The van der Waals surface area contributed by atoms with Gasteiger partial charge in [-0.25, -0.2) is 0 Å². The van der Waals surface area contributed by atoms with Crippen LogP contribution in [0.4, 0.5) is 0 Å². The van der Waals surface area contributed by atoms with Crippen molar-refractivity contribution in [1.29, 1.82) is 0 Å². The molecule has 5 heteroatoms.